The van der Waals surface area contributed by atoms with E-state index in [1.807, 2.05) is 0 Å². The summed E-state index contributed by atoms with van der Waals surface area (Å²) in [5, 5.41) is 0. The van der Waals surface area contributed by atoms with E-state index < -0.39 is 0 Å². The van der Waals surface area contributed by atoms with E-state index in [0.717, 1.165) is 12.8 Å². The highest BCUT2D eigenvalue weighted by Gasteiger charge is 1.92. The Morgan fingerprint density at radius 1 is 1.33 bits per heavy atom. The fraction of sp³-hybridized carbons (Fsp3) is 1.00. The molecule has 5 heteroatoms. The SMILES string of the molecule is NCCCCON(Cl)Cl. The van der Waals surface area contributed by atoms with Crippen LogP contribution in [0.4, 0.5) is 0 Å². The highest BCUT2D eigenvalue weighted by atomic mass is 35.5. The molecule has 0 radical (unpaired) electrons. The molecular formula is C4H10Cl2N2O. The first-order valence-electron chi connectivity index (χ1n) is 2.72. The molecule has 2 N–H and O–H groups in total. The maximum Gasteiger partial charge on any atom is 0.0715 e. The summed E-state index contributed by atoms with van der Waals surface area (Å²) < 4.78 is 0.649. The summed E-state index contributed by atoms with van der Waals surface area (Å²) in [5.41, 5.74) is 5.21. The highest BCUT2D eigenvalue weighted by Crippen LogP contribution is 2.00. The Morgan fingerprint density at radius 2 is 2.00 bits per heavy atom. The lowest BCUT2D eigenvalue weighted by molar-refractivity contribution is -0.0143. The van der Waals surface area contributed by atoms with E-state index >= 15 is 0 Å². The maximum absolute atomic E-state index is 5.21. The van der Waals surface area contributed by atoms with Crippen molar-refractivity contribution in [1.82, 2.24) is 4.10 Å². The predicted molar refractivity (Wildman–Crippen MR) is 37.8 cm³/mol. The summed E-state index contributed by atoms with van der Waals surface area (Å²) in [5.74, 6) is 0. The van der Waals surface area contributed by atoms with E-state index in [1.54, 1.807) is 0 Å². The minimum absolute atomic E-state index is 0.518. The Bertz CT molecular complexity index is 62.5. The normalized spacial score (nSPS) is 10.7. The number of unbranched alkanes of at least 4 members (excludes halogenated alkanes) is 1. The second-order valence-electron chi connectivity index (χ2n) is 1.53. The van der Waals surface area contributed by atoms with Gasteiger partial charge in [0.1, 0.15) is 0 Å². The fourth-order valence-corrected chi connectivity index (χ4v) is 0.518. The molecule has 0 rings (SSSR count). The van der Waals surface area contributed by atoms with Gasteiger partial charge in [-0.1, -0.05) is 0 Å². The van der Waals surface area contributed by atoms with Gasteiger partial charge in [-0.05, 0) is 23.5 Å². The third kappa shape index (κ3) is 8.46. The van der Waals surface area contributed by atoms with Gasteiger partial charge in [-0.15, -0.1) is 0 Å². The van der Waals surface area contributed by atoms with Crippen LogP contribution in [0, 0.1) is 0 Å². The lowest BCUT2D eigenvalue weighted by Gasteiger charge is -2.02. The molecule has 0 aliphatic heterocycles. The molecule has 0 unspecified atom stereocenters. The van der Waals surface area contributed by atoms with Crippen LogP contribution in [0.2, 0.25) is 0 Å². The Hall–Kier alpha value is 0.460. The molecule has 0 saturated carbocycles. The summed E-state index contributed by atoms with van der Waals surface area (Å²) in [7, 11) is 0. The van der Waals surface area contributed by atoms with Crippen molar-refractivity contribution in [2.75, 3.05) is 13.2 Å². The number of nitrogens with zero attached hydrogens (tertiary/aromatic N) is 1. The molecule has 0 aromatic carbocycles. The second kappa shape index (κ2) is 6.58. The molecule has 0 heterocycles. The lowest BCUT2D eigenvalue weighted by atomic mass is 10.3. The summed E-state index contributed by atoms with van der Waals surface area (Å²) >= 11 is 10.2. The van der Waals surface area contributed by atoms with Gasteiger partial charge in [-0.3, -0.25) is 4.84 Å². The summed E-state index contributed by atoms with van der Waals surface area (Å²) in [6, 6.07) is 0. The highest BCUT2D eigenvalue weighted by molar-refractivity contribution is 6.32. The fourth-order valence-electron chi connectivity index (χ4n) is 0.380. The number of hydrogen-bond donors (Lipinski definition) is 1. The van der Waals surface area contributed by atoms with Crippen LogP contribution in [0.5, 0.6) is 0 Å². The van der Waals surface area contributed by atoms with Crippen molar-refractivity contribution in [3.05, 3.63) is 0 Å². The van der Waals surface area contributed by atoms with Gasteiger partial charge >= 0.3 is 0 Å². The zero-order valence-corrected chi connectivity index (χ0v) is 6.53. The molecule has 0 fully saturated rings. The molecule has 9 heavy (non-hydrogen) atoms. The monoisotopic (exact) mass is 172 g/mol. The van der Waals surface area contributed by atoms with Crippen molar-refractivity contribution in [2.24, 2.45) is 5.73 Å². The van der Waals surface area contributed by atoms with Crippen LogP contribution in [0.1, 0.15) is 12.8 Å². The second-order valence-corrected chi connectivity index (χ2v) is 2.32. The molecule has 0 aliphatic rings. The van der Waals surface area contributed by atoms with Gasteiger partial charge in [0, 0.05) is 23.6 Å². The number of halogens is 2. The van der Waals surface area contributed by atoms with Crippen molar-refractivity contribution in [3.8, 4) is 0 Å². The number of nitrogens with two attached hydrogens (primary N) is 1. The van der Waals surface area contributed by atoms with Crippen LogP contribution in [0.15, 0.2) is 0 Å². The minimum atomic E-state index is 0.518. The van der Waals surface area contributed by atoms with Crippen molar-refractivity contribution in [1.29, 1.82) is 0 Å². The van der Waals surface area contributed by atoms with Crippen LogP contribution in [-0.4, -0.2) is 17.3 Å². The molecule has 0 spiro atoms. The van der Waals surface area contributed by atoms with E-state index in [0.29, 0.717) is 17.3 Å². The molecule has 3 nitrogen and oxygen atoms in total. The molecule has 0 saturated heterocycles. The zero-order chi connectivity index (χ0) is 7.11. The van der Waals surface area contributed by atoms with Crippen LogP contribution < -0.4 is 5.73 Å². The summed E-state index contributed by atoms with van der Waals surface area (Å²) in [4.78, 5) is 4.65. The Morgan fingerprint density at radius 3 is 2.44 bits per heavy atom. The third-order valence-corrected chi connectivity index (χ3v) is 0.983. The first kappa shape index (κ1) is 9.46. The van der Waals surface area contributed by atoms with Gasteiger partial charge in [0.05, 0.1) is 6.61 Å². The Labute approximate surface area is 64.8 Å². The first-order valence-corrected chi connectivity index (χ1v) is 3.39. The number of hydrogen-bond acceptors (Lipinski definition) is 3. The quantitative estimate of drug-likeness (QED) is 0.386. The molecule has 0 aliphatic carbocycles. The van der Waals surface area contributed by atoms with E-state index in [1.165, 1.54) is 0 Å². The number of rotatable bonds is 5. The van der Waals surface area contributed by atoms with Gasteiger partial charge in [-0.25, -0.2) is 0 Å². The predicted octanol–water partition coefficient (Wildman–Crippen LogP) is 1.27. The van der Waals surface area contributed by atoms with Crippen molar-refractivity contribution < 1.29 is 4.84 Å². The van der Waals surface area contributed by atoms with Crippen LogP contribution in [0.3, 0.4) is 0 Å². The minimum Gasteiger partial charge on any atom is -0.330 e. The average Bonchev–Trinajstić information content (AvgIpc) is 1.80. The van der Waals surface area contributed by atoms with E-state index in [4.69, 9.17) is 29.3 Å². The van der Waals surface area contributed by atoms with Crippen molar-refractivity contribution in [3.63, 3.8) is 0 Å². The van der Waals surface area contributed by atoms with Gasteiger partial charge in [0.2, 0.25) is 0 Å². The van der Waals surface area contributed by atoms with E-state index in [-0.39, 0.29) is 0 Å². The third-order valence-electron chi connectivity index (χ3n) is 0.787. The van der Waals surface area contributed by atoms with Crippen LogP contribution in [0.25, 0.3) is 0 Å². The topological polar surface area (TPSA) is 38.5 Å². The van der Waals surface area contributed by atoms with Gasteiger partial charge < -0.3 is 5.73 Å². The average molecular weight is 173 g/mol. The lowest BCUT2D eigenvalue weighted by Crippen LogP contribution is -2.04. The Kier molecular flexibility index (Phi) is 6.91. The van der Waals surface area contributed by atoms with Crippen LogP contribution in [-0.2, 0) is 4.84 Å². The molecule has 0 atom stereocenters. The first-order chi connectivity index (χ1) is 4.27. The van der Waals surface area contributed by atoms with Crippen LogP contribution >= 0.6 is 23.6 Å². The van der Waals surface area contributed by atoms with Crippen molar-refractivity contribution >= 4 is 23.6 Å². The van der Waals surface area contributed by atoms with Gasteiger partial charge in [0.25, 0.3) is 0 Å². The standard InChI is InChI=1S/C4H10Cl2N2O/c5-8(6)9-4-2-1-3-7/h1-4,7H2. The Balaban J connectivity index is 2.75. The molecule has 0 aromatic heterocycles. The molecule has 0 bridgehead atoms. The zero-order valence-electron chi connectivity index (χ0n) is 5.02. The summed E-state index contributed by atoms with van der Waals surface area (Å²) in [6.07, 6.45) is 1.81. The smallest absolute Gasteiger partial charge is 0.0715 e. The van der Waals surface area contributed by atoms with Gasteiger partial charge in [0.15, 0.2) is 0 Å². The summed E-state index contributed by atoms with van der Waals surface area (Å²) in [6.45, 7) is 1.19. The molecule has 0 amide bonds. The van der Waals surface area contributed by atoms with E-state index in [9.17, 15) is 0 Å². The van der Waals surface area contributed by atoms with Gasteiger partial charge in [-0.2, -0.15) is 0 Å². The molecule has 56 valence electrons. The van der Waals surface area contributed by atoms with Crippen molar-refractivity contribution in [2.45, 2.75) is 12.8 Å². The molecule has 0 aromatic rings. The maximum atomic E-state index is 5.21. The van der Waals surface area contributed by atoms with E-state index in [2.05, 4.69) is 4.84 Å². The molecular weight excluding hydrogens is 163 g/mol. The largest absolute Gasteiger partial charge is 0.330 e.